The molecule has 0 fully saturated rings. The Morgan fingerprint density at radius 2 is 1.67 bits per heavy atom. The van der Waals surface area contributed by atoms with Gasteiger partial charge in [0.25, 0.3) is 0 Å². The molecule has 0 aliphatic heterocycles. The van der Waals surface area contributed by atoms with Crippen LogP contribution >= 0.6 is 0 Å². The number of carboxylic acids is 1. The zero-order chi connectivity index (χ0) is 15.2. The fraction of sp³-hybridized carbons (Fsp3) is 0.118. The second-order valence-electron chi connectivity index (χ2n) is 4.34. The van der Waals surface area contributed by atoms with Crippen LogP contribution in [0.25, 0.3) is 11.6 Å². The van der Waals surface area contributed by atoms with Gasteiger partial charge in [-0.1, -0.05) is 30.3 Å². The second-order valence-corrected chi connectivity index (χ2v) is 4.34. The molecule has 0 spiro atoms. The second kappa shape index (κ2) is 6.61. The summed E-state index contributed by atoms with van der Waals surface area (Å²) >= 11 is 0. The van der Waals surface area contributed by atoms with Crippen molar-refractivity contribution in [3.8, 4) is 11.5 Å². The van der Waals surface area contributed by atoms with Crippen LogP contribution in [0, 0.1) is 0 Å². The van der Waals surface area contributed by atoms with E-state index in [4.69, 9.17) is 9.47 Å². The lowest BCUT2D eigenvalue weighted by molar-refractivity contribution is -0.130. The third-order valence-corrected chi connectivity index (χ3v) is 3.05. The summed E-state index contributed by atoms with van der Waals surface area (Å²) in [7, 11) is 3.11. The molecule has 0 amide bonds. The van der Waals surface area contributed by atoms with Crippen molar-refractivity contribution in [3.63, 3.8) is 0 Å². The Bertz CT molecular complexity index is 657. The number of rotatable bonds is 5. The number of methoxy groups -OCH3 is 2. The molecule has 0 atom stereocenters. The lowest BCUT2D eigenvalue weighted by Crippen LogP contribution is -2.01. The highest BCUT2D eigenvalue weighted by atomic mass is 16.5. The molecular formula is C17H16O4. The van der Waals surface area contributed by atoms with Crippen LogP contribution in [0.1, 0.15) is 11.1 Å². The van der Waals surface area contributed by atoms with Crippen LogP contribution in [0.2, 0.25) is 0 Å². The molecule has 2 aromatic carbocycles. The minimum atomic E-state index is -1.00. The number of benzene rings is 2. The molecule has 0 unspecified atom stereocenters. The lowest BCUT2D eigenvalue weighted by Gasteiger charge is -2.09. The lowest BCUT2D eigenvalue weighted by atomic mass is 10.0. The molecule has 0 aliphatic carbocycles. The topological polar surface area (TPSA) is 55.8 Å². The van der Waals surface area contributed by atoms with Crippen LogP contribution in [-0.4, -0.2) is 25.3 Å². The van der Waals surface area contributed by atoms with Crippen LogP contribution in [-0.2, 0) is 4.79 Å². The number of ether oxygens (including phenoxy) is 2. The van der Waals surface area contributed by atoms with Crippen LogP contribution in [0.3, 0.4) is 0 Å². The summed E-state index contributed by atoms with van der Waals surface area (Å²) in [4.78, 5) is 11.5. The van der Waals surface area contributed by atoms with Crippen molar-refractivity contribution in [2.45, 2.75) is 0 Å². The molecule has 0 heterocycles. The van der Waals surface area contributed by atoms with Crippen molar-refractivity contribution in [2.24, 2.45) is 0 Å². The van der Waals surface area contributed by atoms with Gasteiger partial charge < -0.3 is 14.6 Å². The van der Waals surface area contributed by atoms with E-state index in [9.17, 15) is 9.90 Å². The summed E-state index contributed by atoms with van der Waals surface area (Å²) in [5.41, 5.74) is 1.50. The summed E-state index contributed by atoms with van der Waals surface area (Å²) in [6.45, 7) is 0. The Kier molecular flexibility index (Phi) is 4.61. The molecule has 0 saturated carbocycles. The van der Waals surface area contributed by atoms with Gasteiger partial charge in [0.15, 0.2) is 0 Å². The SMILES string of the molecule is COc1ccc(/C=C(/C(=O)O)c2ccccc2OC)cc1. The maximum atomic E-state index is 11.5. The van der Waals surface area contributed by atoms with E-state index in [1.807, 2.05) is 0 Å². The van der Waals surface area contributed by atoms with Gasteiger partial charge in [-0.3, -0.25) is 0 Å². The highest BCUT2D eigenvalue weighted by molar-refractivity contribution is 6.21. The van der Waals surface area contributed by atoms with Gasteiger partial charge in [0.05, 0.1) is 19.8 Å². The molecule has 0 radical (unpaired) electrons. The smallest absolute Gasteiger partial charge is 0.336 e. The van der Waals surface area contributed by atoms with Crippen molar-refractivity contribution in [1.29, 1.82) is 0 Å². The van der Waals surface area contributed by atoms with E-state index in [1.165, 1.54) is 7.11 Å². The van der Waals surface area contributed by atoms with E-state index in [0.717, 1.165) is 11.3 Å². The Morgan fingerprint density at radius 1 is 1.00 bits per heavy atom. The zero-order valence-electron chi connectivity index (χ0n) is 11.9. The predicted octanol–water partition coefficient (Wildman–Crippen LogP) is 3.33. The molecule has 0 aliphatic rings. The summed E-state index contributed by atoms with van der Waals surface area (Å²) in [6.07, 6.45) is 1.61. The van der Waals surface area contributed by atoms with Gasteiger partial charge in [-0.2, -0.15) is 0 Å². The van der Waals surface area contributed by atoms with Crippen LogP contribution in [0.5, 0.6) is 11.5 Å². The predicted molar refractivity (Wildman–Crippen MR) is 81.5 cm³/mol. The minimum Gasteiger partial charge on any atom is -0.497 e. The molecule has 0 saturated heterocycles. The van der Waals surface area contributed by atoms with E-state index in [2.05, 4.69) is 0 Å². The van der Waals surface area contributed by atoms with Gasteiger partial charge in [-0.05, 0) is 29.8 Å². The number of para-hydroxylation sites is 1. The average Bonchev–Trinajstić information content (AvgIpc) is 2.53. The molecule has 21 heavy (non-hydrogen) atoms. The van der Waals surface area contributed by atoms with Gasteiger partial charge >= 0.3 is 5.97 Å². The number of carbonyl (C=O) groups is 1. The van der Waals surface area contributed by atoms with E-state index >= 15 is 0 Å². The standard InChI is InChI=1S/C17H16O4/c1-20-13-9-7-12(8-10-13)11-15(17(18)19)14-5-3-4-6-16(14)21-2/h3-11H,1-2H3,(H,18,19)/b15-11+. The first-order valence-corrected chi connectivity index (χ1v) is 6.38. The first kappa shape index (κ1) is 14.7. The fourth-order valence-corrected chi connectivity index (χ4v) is 1.99. The van der Waals surface area contributed by atoms with Crippen LogP contribution < -0.4 is 9.47 Å². The number of hydrogen-bond acceptors (Lipinski definition) is 3. The zero-order valence-corrected chi connectivity index (χ0v) is 11.9. The van der Waals surface area contributed by atoms with E-state index in [1.54, 1.807) is 61.7 Å². The highest BCUT2D eigenvalue weighted by Crippen LogP contribution is 2.28. The van der Waals surface area contributed by atoms with Gasteiger partial charge in [0.1, 0.15) is 11.5 Å². The number of carboxylic acid groups (broad SMARTS) is 1. The first-order chi connectivity index (χ1) is 10.2. The van der Waals surface area contributed by atoms with Crippen LogP contribution in [0.15, 0.2) is 48.5 Å². The van der Waals surface area contributed by atoms with Crippen molar-refractivity contribution < 1.29 is 19.4 Å². The normalized spacial score (nSPS) is 11.0. The van der Waals surface area contributed by atoms with Crippen LogP contribution in [0.4, 0.5) is 0 Å². The molecule has 2 rings (SSSR count). The Morgan fingerprint density at radius 3 is 2.24 bits per heavy atom. The molecule has 0 bridgehead atoms. The van der Waals surface area contributed by atoms with E-state index in [-0.39, 0.29) is 5.57 Å². The highest BCUT2D eigenvalue weighted by Gasteiger charge is 2.14. The van der Waals surface area contributed by atoms with E-state index in [0.29, 0.717) is 11.3 Å². The Balaban J connectivity index is 2.47. The van der Waals surface area contributed by atoms with Gasteiger partial charge in [-0.15, -0.1) is 0 Å². The Hall–Kier alpha value is -2.75. The summed E-state index contributed by atoms with van der Waals surface area (Å²) < 4.78 is 10.3. The van der Waals surface area contributed by atoms with Crippen molar-refractivity contribution in [3.05, 3.63) is 59.7 Å². The fourth-order valence-electron chi connectivity index (χ4n) is 1.99. The Labute approximate surface area is 123 Å². The molecule has 2 aromatic rings. The summed E-state index contributed by atoms with van der Waals surface area (Å²) in [6, 6.07) is 14.2. The van der Waals surface area contributed by atoms with Gasteiger partial charge in [0.2, 0.25) is 0 Å². The van der Waals surface area contributed by atoms with Gasteiger partial charge in [-0.25, -0.2) is 4.79 Å². The third-order valence-electron chi connectivity index (χ3n) is 3.05. The molecule has 0 aromatic heterocycles. The molecular weight excluding hydrogens is 268 g/mol. The monoisotopic (exact) mass is 284 g/mol. The molecule has 4 nitrogen and oxygen atoms in total. The third kappa shape index (κ3) is 3.42. The van der Waals surface area contributed by atoms with Gasteiger partial charge in [0, 0.05) is 5.56 Å². The van der Waals surface area contributed by atoms with Crippen molar-refractivity contribution in [2.75, 3.05) is 14.2 Å². The largest absolute Gasteiger partial charge is 0.497 e. The van der Waals surface area contributed by atoms with E-state index < -0.39 is 5.97 Å². The molecule has 108 valence electrons. The first-order valence-electron chi connectivity index (χ1n) is 6.38. The average molecular weight is 284 g/mol. The minimum absolute atomic E-state index is 0.178. The summed E-state index contributed by atoms with van der Waals surface area (Å²) in [5, 5.41) is 9.46. The number of hydrogen-bond donors (Lipinski definition) is 1. The maximum Gasteiger partial charge on any atom is 0.336 e. The number of aliphatic carboxylic acids is 1. The molecule has 1 N–H and O–H groups in total. The molecule has 4 heteroatoms. The quantitative estimate of drug-likeness (QED) is 0.676. The maximum absolute atomic E-state index is 11.5. The summed E-state index contributed by atoms with van der Waals surface area (Å²) in [5.74, 6) is 0.247. The van der Waals surface area contributed by atoms with Crippen molar-refractivity contribution in [1.82, 2.24) is 0 Å². The van der Waals surface area contributed by atoms with Crippen molar-refractivity contribution >= 4 is 17.6 Å².